The Labute approximate surface area is 223 Å². The van der Waals surface area contributed by atoms with Crippen LogP contribution in [0.25, 0.3) is 16.9 Å². The van der Waals surface area contributed by atoms with Crippen molar-refractivity contribution in [3.05, 3.63) is 126 Å². The zero-order chi connectivity index (χ0) is 26.5. The largest absolute Gasteiger partial charge is 0.467 e. The summed E-state index contributed by atoms with van der Waals surface area (Å²) in [4.78, 5) is 32.6. The molecule has 0 saturated carbocycles. The Morgan fingerprint density at radius 3 is 2.39 bits per heavy atom. The van der Waals surface area contributed by atoms with Crippen LogP contribution in [0.15, 0.2) is 108 Å². The van der Waals surface area contributed by atoms with Crippen LogP contribution in [0, 0.1) is 5.82 Å². The number of hydrogen-bond acceptors (Lipinski definition) is 4. The van der Waals surface area contributed by atoms with Crippen LogP contribution in [0.2, 0.25) is 5.02 Å². The van der Waals surface area contributed by atoms with Gasteiger partial charge in [-0.25, -0.2) is 9.37 Å². The molecule has 0 saturated heterocycles. The standard InChI is InChI=1S/C29H22ClFN4O3/c30-25-11-5-4-10-24(25)28(37)34(17-23-9-6-16-38-23)19-27(36)33-29-32-26(20-7-2-1-3-8-20)18-35(29)22-14-12-21(31)13-15-22/h1-16,18H,17,19H2,(H,32,33,36). The van der Waals surface area contributed by atoms with Gasteiger partial charge in [0, 0.05) is 17.4 Å². The van der Waals surface area contributed by atoms with Gasteiger partial charge >= 0.3 is 0 Å². The van der Waals surface area contributed by atoms with Crippen LogP contribution in [0.4, 0.5) is 10.3 Å². The monoisotopic (exact) mass is 528 g/mol. The van der Waals surface area contributed by atoms with Crippen molar-refractivity contribution in [3.63, 3.8) is 0 Å². The first kappa shape index (κ1) is 25.0. The minimum absolute atomic E-state index is 0.0617. The molecule has 2 amide bonds. The van der Waals surface area contributed by atoms with Crippen molar-refractivity contribution in [1.82, 2.24) is 14.5 Å². The smallest absolute Gasteiger partial charge is 0.256 e. The first-order valence-corrected chi connectivity index (χ1v) is 12.1. The molecule has 0 bridgehead atoms. The Morgan fingerprint density at radius 1 is 0.947 bits per heavy atom. The zero-order valence-corrected chi connectivity index (χ0v) is 20.8. The van der Waals surface area contributed by atoms with Crippen LogP contribution in [0.3, 0.4) is 0 Å². The van der Waals surface area contributed by atoms with Gasteiger partial charge in [-0.15, -0.1) is 0 Å². The van der Waals surface area contributed by atoms with Gasteiger partial charge in [0.05, 0.1) is 29.1 Å². The van der Waals surface area contributed by atoms with Crippen LogP contribution < -0.4 is 5.32 Å². The molecule has 5 rings (SSSR count). The normalized spacial score (nSPS) is 10.8. The molecular weight excluding hydrogens is 507 g/mol. The SMILES string of the molecule is O=C(CN(Cc1ccco1)C(=O)c1ccccc1Cl)Nc1nc(-c2ccccc2)cn1-c1ccc(F)cc1. The lowest BCUT2D eigenvalue weighted by atomic mass is 10.2. The van der Waals surface area contributed by atoms with E-state index in [-0.39, 0.29) is 35.4 Å². The predicted molar refractivity (Wildman–Crippen MR) is 142 cm³/mol. The van der Waals surface area contributed by atoms with E-state index in [0.717, 1.165) is 5.56 Å². The zero-order valence-electron chi connectivity index (χ0n) is 20.1. The lowest BCUT2D eigenvalue weighted by molar-refractivity contribution is -0.117. The first-order chi connectivity index (χ1) is 18.5. The fraction of sp³-hybridized carbons (Fsp3) is 0.0690. The third-order valence-electron chi connectivity index (χ3n) is 5.78. The third kappa shape index (κ3) is 5.66. The molecule has 0 fully saturated rings. The summed E-state index contributed by atoms with van der Waals surface area (Å²) >= 11 is 6.26. The molecular formula is C29H22ClFN4O3. The lowest BCUT2D eigenvalue weighted by Crippen LogP contribution is -2.38. The number of amides is 2. The average molecular weight is 529 g/mol. The van der Waals surface area contributed by atoms with Gasteiger partial charge in [-0.1, -0.05) is 54.1 Å². The second-order valence-corrected chi connectivity index (χ2v) is 8.84. The summed E-state index contributed by atoms with van der Waals surface area (Å²) in [6, 6.07) is 25.4. The number of furan rings is 1. The highest BCUT2D eigenvalue weighted by molar-refractivity contribution is 6.33. The van der Waals surface area contributed by atoms with E-state index in [9.17, 15) is 14.0 Å². The Kier molecular flexibility index (Phi) is 7.33. The van der Waals surface area contributed by atoms with Crippen LogP contribution in [-0.2, 0) is 11.3 Å². The molecule has 0 unspecified atom stereocenters. The van der Waals surface area contributed by atoms with E-state index in [2.05, 4.69) is 10.3 Å². The molecule has 38 heavy (non-hydrogen) atoms. The maximum atomic E-state index is 13.6. The van der Waals surface area contributed by atoms with Crippen molar-refractivity contribution in [1.29, 1.82) is 0 Å². The van der Waals surface area contributed by atoms with E-state index in [0.29, 0.717) is 17.1 Å². The number of rotatable bonds is 8. The number of imidazole rings is 1. The first-order valence-electron chi connectivity index (χ1n) is 11.7. The molecule has 9 heteroatoms. The molecule has 0 aliphatic heterocycles. The van der Waals surface area contributed by atoms with Gasteiger partial charge in [-0.05, 0) is 48.5 Å². The van der Waals surface area contributed by atoms with Crippen molar-refractivity contribution in [2.75, 3.05) is 11.9 Å². The fourth-order valence-corrected chi connectivity index (χ4v) is 4.16. The summed E-state index contributed by atoms with van der Waals surface area (Å²) in [5.41, 5.74) is 2.34. The average Bonchev–Trinajstić information content (AvgIpc) is 3.59. The molecule has 5 aromatic rings. The molecule has 1 N–H and O–H groups in total. The van der Waals surface area contributed by atoms with Crippen molar-refractivity contribution in [2.24, 2.45) is 0 Å². The number of halogens is 2. The summed E-state index contributed by atoms with van der Waals surface area (Å²) in [6.07, 6.45) is 3.26. The number of nitrogens with one attached hydrogen (secondary N) is 1. The van der Waals surface area contributed by atoms with Crippen molar-refractivity contribution in [2.45, 2.75) is 6.54 Å². The van der Waals surface area contributed by atoms with E-state index in [1.807, 2.05) is 30.3 Å². The van der Waals surface area contributed by atoms with E-state index in [4.69, 9.17) is 16.0 Å². The highest BCUT2D eigenvalue weighted by Gasteiger charge is 2.23. The lowest BCUT2D eigenvalue weighted by Gasteiger charge is -2.22. The van der Waals surface area contributed by atoms with E-state index < -0.39 is 11.8 Å². The van der Waals surface area contributed by atoms with Gasteiger partial charge in [-0.3, -0.25) is 19.5 Å². The maximum absolute atomic E-state index is 13.6. The summed E-state index contributed by atoms with van der Waals surface area (Å²) in [5.74, 6) is -0.546. The number of carbonyl (C=O) groups is 2. The second-order valence-electron chi connectivity index (χ2n) is 8.43. The van der Waals surface area contributed by atoms with E-state index in [1.165, 1.54) is 23.3 Å². The number of aromatic nitrogens is 2. The van der Waals surface area contributed by atoms with Gasteiger partial charge in [0.25, 0.3) is 5.91 Å². The van der Waals surface area contributed by atoms with Crippen molar-refractivity contribution in [3.8, 4) is 16.9 Å². The van der Waals surface area contributed by atoms with Crippen LogP contribution in [0.1, 0.15) is 16.1 Å². The highest BCUT2D eigenvalue weighted by Crippen LogP contribution is 2.25. The van der Waals surface area contributed by atoms with Gasteiger partial charge < -0.3 is 9.32 Å². The number of carbonyl (C=O) groups excluding carboxylic acids is 2. The second kappa shape index (κ2) is 11.1. The van der Waals surface area contributed by atoms with Gasteiger partial charge in [-0.2, -0.15) is 0 Å². The maximum Gasteiger partial charge on any atom is 0.256 e. The van der Waals surface area contributed by atoms with E-state index in [1.54, 1.807) is 59.3 Å². The quantitative estimate of drug-likeness (QED) is 0.260. The topological polar surface area (TPSA) is 80.4 Å². The molecule has 0 spiro atoms. The highest BCUT2D eigenvalue weighted by atomic mass is 35.5. The molecule has 0 aliphatic carbocycles. The summed E-state index contributed by atoms with van der Waals surface area (Å²) in [6.45, 7) is -0.228. The predicted octanol–water partition coefficient (Wildman–Crippen LogP) is 6.21. The summed E-state index contributed by atoms with van der Waals surface area (Å²) in [5, 5.41) is 3.09. The van der Waals surface area contributed by atoms with Gasteiger partial charge in [0.2, 0.25) is 11.9 Å². The minimum atomic E-state index is -0.481. The van der Waals surface area contributed by atoms with Crippen molar-refractivity contribution < 1.29 is 18.4 Å². The van der Waals surface area contributed by atoms with Crippen LogP contribution in [0.5, 0.6) is 0 Å². The molecule has 2 aromatic heterocycles. The molecule has 0 atom stereocenters. The third-order valence-corrected chi connectivity index (χ3v) is 6.11. The Bertz CT molecular complexity index is 1550. The molecule has 2 heterocycles. The molecule has 0 radical (unpaired) electrons. The number of hydrogen-bond donors (Lipinski definition) is 1. The molecule has 3 aromatic carbocycles. The minimum Gasteiger partial charge on any atom is -0.467 e. The summed E-state index contributed by atoms with van der Waals surface area (Å²) < 4.78 is 20.6. The van der Waals surface area contributed by atoms with Crippen LogP contribution >= 0.6 is 11.6 Å². The Balaban J connectivity index is 1.44. The Morgan fingerprint density at radius 2 is 1.68 bits per heavy atom. The van der Waals surface area contributed by atoms with Crippen molar-refractivity contribution >= 4 is 29.4 Å². The summed E-state index contributed by atoms with van der Waals surface area (Å²) in [7, 11) is 0. The van der Waals surface area contributed by atoms with E-state index >= 15 is 0 Å². The molecule has 190 valence electrons. The molecule has 7 nitrogen and oxygen atoms in total. The van der Waals surface area contributed by atoms with Gasteiger partial charge in [0.15, 0.2) is 0 Å². The fourth-order valence-electron chi connectivity index (χ4n) is 3.95. The number of nitrogens with zero attached hydrogens (tertiary/aromatic N) is 3. The number of benzene rings is 3. The molecule has 0 aliphatic rings. The van der Waals surface area contributed by atoms with Gasteiger partial charge in [0.1, 0.15) is 18.1 Å². The Hall–Kier alpha value is -4.69. The number of anilines is 1. The van der Waals surface area contributed by atoms with Crippen LogP contribution in [-0.4, -0.2) is 32.8 Å².